The van der Waals surface area contributed by atoms with Gasteiger partial charge in [0, 0.05) is 39.1 Å². The zero-order valence-electron chi connectivity index (χ0n) is 14.9. The van der Waals surface area contributed by atoms with Crippen molar-refractivity contribution in [3.8, 4) is 5.75 Å². The summed E-state index contributed by atoms with van der Waals surface area (Å²) < 4.78 is 0. The maximum Gasteiger partial charge on any atom is 0.223 e. The van der Waals surface area contributed by atoms with Crippen molar-refractivity contribution in [1.82, 2.24) is 9.80 Å². The topological polar surface area (TPSA) is 43.8 Å². The van der Waals surface area contributed by atoms with Gasteiger partial charge in [-0.05, 0) is 30.0 Å². The summed E-state index contributed by atoms with van der Waals surface area (Å²) in [5, 5.41) is 10.2. The quantitative estimate of drug-likeness (QED) is 0.840. The Hall–Kier alpha value is -2.04. The van der Waals surface area contributed by atoms with E-state index in [9.17, 15) is 9.90 Å². The Morgan fingerprint density at radius 3 is 2.62 bits per heavy atom. The molecule has 1 N–H and O–H groups in total. The number of hydrogen-bond donors (Lipinski definition) is 1. The van der Waals surface area contributed by atoms with E-state index in [1.54, 1.807) is 12.1 Å². The van der Waals surface area contributed by atoms with E-state index in [1.807, 2.05) is 17.0 Å². The average Bonchev–Trinajstić information content (AvgIpc) is 2.82. The minimum atomic E-state index is 0.109. The van der Waals surface area contributed by atoms with Crippen LogP contribution in [0.25, 0.3) is 0 Å². The Morgan fingerprint density at radius 2 is 1.81 bits per heavy atom. The van der Waals surface area contributed by atoms with Crippen molar-refractivity contribution >= 4 is 17.5 Å². The number of aromatic hydroxyl groups is 1. The predicted octanol–water partition coefficient (Wildman–Crippen LogP) is 3.71. The van der Waals surface area contributed by atoms with Gasteiger partial charge in [0.25, 0.3) is 0 Å². The van der Waals surface area contributed by atoms with Crippen LogP contribution in [0, 0.1) is 0 Å². The lowest BCUT2D eigenvalue weighted by molar-refractivity contribution is -0.130. The summed E-state index contributed by atoms with van der Waals surface area (Å²) >= 11 is 6.18. The van der Waals surface area contributed by atoms with E-state index in [0.29, 0.717) is 18.0 Å². The summed E-state index contributed by atoms with van der Waals surface area (Å²) in [4.78, 5) is 16.6. The van der Waals surface area contributed by atoms with Gasteiger partial charge in [-0.15, -0.1) is 0 Å². The van der Waals surface area contributed by atoms with Crippen molar-refractivity contribution in [2.24, 2.45) is 0 Å². The first-order valence-electron chi connectivity index (χ1n) is 9.14. The summed E-state index contributed by atoms with van der Waals surface area (Å²) in [6.45, 7) is 3.74. The van der Waals surface area contributed by atoms with Crippen LogP contribution in [-0.4, -0.2) is 47.0 Å². The maximum absolute atomic E-state index is 12.4. The van der Waals surface area contributed by atoms with E-state index in [1.165, 1.54) is 5.56 Å². The molecule has 0 atom stereocenters. The van der Waals surface area contributed by atoms with Crippen molar-refractivity contribution in [2.45, 2.75) is 25.8 Å². The second-order valence-corrected chi connectivity index (χ2v) is 7.12. The number of amides is 1. The van der Waals surface area contributed by atoms with Crippen molar-refractivity contribution < 1.29 is 9.90 Å². The SMILES string of the molecule is O=C1CCN(Cc2cccc(O)c2Cl)CCN1CCCc1ccccc1. The van der Waals surface area contributed by atoms with Gasteiger partial charge in [-0.2, -0.15) is 0 Å². The Kier molecular flexibility index (Phi) is 6.53. The molecule has 0 aromatic heterocycles. The van der Waals surface area contributed by atoms with Gasteiger partial charge in [0.05, 0.1) is 5.02 Å². The molecule has 1 saturated heterocycles. The van der Waals surface area contributed by atoms with E-state index in [0.717, 1.165) is 44.6 Å². The van der Waals surface area contributed by atoms with Crippen LogP contribution in [0.2, 0.25) is 5.02 Å². The molecule has 138 valence electrons. The summed E-state index contributed by atoms with van der Waals surface area (Å²) in [6.07, 6.45) is 2.50. The van der Waals surface area contributed by atoms with Crippen LogP contribution in [0.15, 0.2) is 48.5 Å². The average molecular weight is 373 g/mol. The number of benzene rings is 2. The van der Waals surface area contributed by atoms with Gasteiger partial charge in [0.15, 0.2) is 0 Å². The maximum atomic E-state index is 12.4. The third-order valence-electron chi connectivity index (χ3n) is 4.87. The molecule has 1 amide bonds. The van der Waals surface area contributed by atoms with E-state index in [2.05, 4.69) is 29.2 Å². The fraction of sp³-hybridized carbons (Fsp3) is 0.381. The van der Waals surface area contributed by atoms with Gasteiger partial charge in [0.2, 0.25) is 5.91 Å². The molecular formula is C21H25ClN2O2. The van der Waals surface area contributed by atoms with Crippen LogP contribution in [0.4, 0.5) is 0 Å². The summed E-state index contributed by atoms with van der Waals surface area (Å²) in [5.74, 6) is 0.333. The van der Waals surface area contributed by atoms with Crippen LogP contribution in [-0.2, 0) is 17.8 Å². The van der Waals surface area contributed by atoms with Gasteiger partial charge < -0.3 is 10.0 Å². The van der Waals surface area contributed by atoms with E-state index >= 15 is 0 Å². The first-order valence-corrected chi connectivity index (χ1v) is 9.51. The molecule has 1 aliphatic heterocycles. The number of hydrogen-bond acceptors (Lipinski definition) is 3. The van der Waals surface area contributed by atoms with E-state index in [4.69, 9.17) is 11.6 Å². The van der Waals surface area contributed by atoms with Crippen LogP contribution in [0.1, 0.15) is 24.0 Å². The van der Waals surface area contributed by atoms with Crippen molar-refractivity contribution in [2.75, 3.05) is 26.2 Å². The number of carbonyl (C=O) groups is 1. The Labute approximate surface area is 160 Å². The largest absolute Gasteiger partial charge is 0.506 e. The number of phenolic OH excluding ortho intramolecular Hbond substituents is 1. The first-order chi connectivity index (χ1) is 12.6. The molecule has 5 heteroatoms. The molecular weight excluding hydrogens is 348 g/mol. The minimum Gasteiger partial charge on any atom is -0.506 e. The molecule has 1 aliphatic rings. The number of aryl methyl sites for hydroxylation is 1. The third-order valence-corrected chi connectivity index (χ3v) is 5.31. The number of nitrogens with zero attached hydrogens (tertiary/aromatic N) is 2. The molecule has 0 radical (unpaired) electrons. The molecule has 1 heterocycles. The second kappa shape index (κ2) is 9.06. The highest BCUT2D eigenvalue weighted by Gasteiger charge is 2.21. The fourth-order valence-corrected chi connectivity index (χ4v) is 3.54. The molecule has 2 aromatic rings. The molecule has 3 rings (SSSR count). The minimum absolute atomic E-state index is 0.109. The van der Waals surface area contributed by atoms with Crippen LogP contribution >= 0.6 is 11.6 Å². The monoisotopic (exact) mass is 372 g/mol. The molecule has 0 bridgehead atoms. The van der Waals surface area contributed by atoms with E-state index < -0.39 is 0 Å². The van der Waals surface area contributed by atoms with Gasteiger partial charge in [-0.25, -0.2) is 0 Å². The van der Waals surface area contributed by atoms with Gasteiger partial charge >= 0.3 is 0 Å². The standard InChI is InChI=1S/C21H25ClN2O2/c22-21-18(9-4-10-19(21)25)16-23-13-11-20(26)24(15-14-23)12-5-8-17-6-2-1-3-7-17/h1-4,6-7,9-10,25H,5,8,11-16H2. The molecule has 1 fully saturated rings. The highest BCUT2D eigenvalue weighted by atomic mass is 35.5. The van der Waals surface area contributed by atoms with Crippen molar-refractivity contribution in [3.63, 3.8) is 0 Å². The zero-order valence-corrected chi connectivity index (χ0v) is 15.7. The summed E-state index contributed by atoms with van der Waals surface area (Å²) in [6, 6.07) is 15.7. The number of rotatable bonds is 6. The molecule has 0 saturated carbocycles. The normalized spacial score (nSPS) is 15.9. The number of carbonyl (C=O) groups excluding carboxylic acids is 1. The third kappa shape index (κ3) is 4.99. The molecule has 26 heavy (non-hydrogen) atoms. The van der Waals surface area contributed by atoms with Gasteiger partial charge in [-0.1, -0.05) is 54.1 Å². The van der Waals surface area contributed by atoms with Crippen LogP contribution in [0.5, 0.6) is 5.75 Å². The molecule has 2 aromatic carbocycles. The zero-order chi connectivity index (χ0) is 18.4. The highest BCUT2D eigenvalue weighted by molar-refractivity contribution is 6.32. The summed E-state index contributed by atoms with van der Waals surface area (Å²) in [7, 11) is 0. The van der Waals surface area contributed by atoms with Crippen molar-refractivity contribution in [1.29, 1.82) is 0 Å². The van der Waals surface area contributed by atoms with E-state index in [-0.39, 0.29) is 11.7 Å². The lowest BCUT2D eigenvalue weighted by Gasteiger charge is -2.22. The highest BCUT2D eigenvalue weighted by Crippen LogP contribution is 2.27. The molecule has 4 nitrogen and oxygen atoms in total. The van der Waals surface area contributed by atoms with Crippen LogP contribution in [0.3, 0.4) is 0 Å². The number of phenols is 1. The van der Waals surface area contributed by atoms with Crippen molar-refractivity contribution in [3.05, 3.63) is 64.7 Å². The molecule has 0 spiro atoms. The van der Waals surface area contributed by atoms with Gasteiger partial charge in [0.1, 0.15) is 5.75 Å². The van der Waals surface area contributed by atoms with Gasteiger partial charge in [-0.3, -0.25) is 9.69 Å². The first kappa shape index (κ1) is 18.7. The Bertz CT molecular complexity index is 736. The second-order valence-electron chi connectivity index (χ2n) is 6.75. The molecule has 0 aliphatic carbocycles. The Balaban J connectivity index is 1.51. The lowest BCUT2D eigenvalue weighted by Crippen LogP contribution is -2.34. The Morgan fingerprint density at radius 1 is 1.00 bits per heavy atom. The fourth-order valence-electron chi connectivity index (χ4n) is 3.35. The smallest absolute Gasteiger partial charge is 0.223 e. The predicted molar refractivity (Wildman–Crippen MR) is 104 cm³/mol. The molecule has 0 unspecified atom stereocenters. The lowest BCUT2D eigenvalue weighted by atomic mass is 10.1. The number of halogens is 1. The summed E-state index contributed by atoms with van der Waals surface area (Å²) in [5.41, 5.74) is 2.21. The van der Waals surface area contributed by atoms with Crippen LogP contribution < -0.4 is 0 Å².